The number of amides is 3. The molecule has 3 amide bonds. The second-order valence-electron chi connectivity index (χ2n) is 18.1. The Balaban J connectivity index is 0.000000330. The summed E-state index contributed by atoms with van der Waals surface area (Å²) < 4.78 is 64.7. The van der Waals surface area contributed by atoms with Crippen molar-refractivity contribution in [3.63, 3.8) is 0 Å². The Hall–Kier alpha value is -4.38. The van der Waals surface area contributed by atoms with Crippen molar-refractivity contribution in [3.05, 3.63) is 88.4 Å². The average molecular weight is 1250 g/mol. The van der Waals surface area contributed by atoms with Gasteiger partial charge in [-0.3, -0.25) is 29.4 Å². The van der Waals surface area contributed by atoms with Crippen molar-refractivity contribution in [1.29, 1.82) is 0 Å². The van der Waals surface area contributed by atoms with E-state index in [1.807, 2.05) is 24.3 Å². The number of ether oxygens (including phenoxy) is 1. The fourth-order valence-electron chi connectivity index (χ4n) is 7.71. The van der Waals surface area contributed by atoms with Crippen LogP contribution < -0.4 is 21.1 Å². The molecule has 4 heterocycles. The molecule has 1 unspecified atom stereocenters. The monoisotopic (exact) mass is 1250 g/mol. The van der Waals surface area contributed by atoms with Crippen molar-refractivity contribution in [2.24, 2.45) is 16.6 Å². The van der Waals surface area contributed by atoms with E-state index in [0.717, 1.165) is 94.8 Å². The predicted molar refractivity (Wildman–Crippen MR) is 269 cm³/mol. The maximum atomic E-state index is 14.8. The maximum Gasteiger partial charge on any atom is 0.419 e. The quantitative estimate of drug-likeness (QED) is 0.0239. The number of piperidine rings is 3. The van der Waals surface area contributed by atoms with Crippen molar-refractivity contribution in [3.8, 4) is 11.8 Å². The molecule has 3 aliphatic heterocycles. The number of nitrogens with one attached hydrogen (secondary N) is 3. The van der Waals surface area contributed by atoms with Crippen LogP contribution in [0.5, 0.6) is 0 Å². The minimum Gasteiger partial charge on any atom is -0.662 e. The number of hydrogen-bond donors (Lipinski definition) is 6. The number of aliphatic hydroxyl groups is 2. The van der Waals surface area contributed by atoms with Crippen LogP contribution in [-0.2, 0) is 25.3 Å². The van der Waals surface area contributed by atoms with Gasteiger partial charge in [-0.05, 0) is 99.7 Å². The van der Waals surface area contributed by atoms with Crippen LogP contribution in [0.1, 0.15) is 120 Å². The molecule has 1 aliphatic carbocycles. The number of hydrogen-bond acceptors (Lipinski definition) is 13. The minimum atomic E-state index is -4.76. The number of alkyl halides is 3. The van der Waals surface area contributed by atoms with Gasteiger partial charge >= 0.3 is 6.18 Å². The van der Waals surface area contributed by atoms with Gasteiger partial charge in [0.15, 0.2) is 0 Å². The van der Waals surface area contributed by atoms with Crippen molar-refractivity contribution in [2.45, 2.75) is 126 Å². The zero-order valence-electron chi connectivity index (χ0n) is 41.4. The average Bonchev–Trinajstić information content (AvgIpc) is 3.36. The summed E-state index contributed by atoms with van der Waals surface area (Å²) >= 11 is 1.35. The first-order valence-corrected chi connectivity index (χ1v) is 24.7. The number of likely N-dealkylation sites (tertiary alicyclic amines) is 1. The summed E-state index contributed by atoms with van der Waals surface area (Å²) in [5.41, 5.74) is 4.40. The zero-order chi connectivity index (χ0) is 51.8. The molecular weight excluding hydrogens is 1180 g/mol. The summed E-state index contributed by atoms with van der Waals surface area (Å²) in [5, 5.41) is 26.0. The van der Waals surface area contributed by atoms with E-state index in [1.54, 1.807) is 11.0 Å². The molecule has 392 valence electrons. The first-order valence-electron chi connectivity index (χ1n) is 23.9. The summed E-state index contributed by atoms with van der Waals surface area (Å²) in [6, 6.07) is 12.4. The van der Waals surface area contributed by atoms with E-state index >= 15 is 0 Å². The van der Waals surface area contributed by atoms with E-state index in [1.165, 1.54) is 70.0 Å². The molecule has 4 aliphatic rings. The molecule has 0 spiro atoms. The van der Waals surface area contributed by atoms with Crippen molar-refractivity contribution in [1.82, 2.24) is 24.9 Å². The predicted octanol–water partition coefficient (Wildman–Crippen LogP) is 8.04. The Bertz CT molecular complexity index is 2270. The van der Waals surface area contributed by atoms with Gasteiger partial charge in [0.2, 0.25) is 24.2 Å². The first-order chi connectivity index (χ1) is 34.0. The molecular formula is C51H68F4N9O6SU-. The molecule has 7 N–H and O–H groups in total. The number of aliphatic imine (C=N–C) groups is 1. The van der Waals surface area contributed by atoms with Gasteiger partial charge in [-0.15, -0.1) is 13.1 Å². The minimum absolute atomic E-state index is 0. The van der Waals surface area contributed by atoms with E-state index < -0.39 is 28.9 Å². The molecule has 2 aromatic carbocycles. The fraction of sp³-hybridized carbons (Fsp3) is 0.529. The number of anilines is 2. The molecule has 15 nitrogen and oxygen atoms in total. The Kier molecular flexibility index (Phi) is 27.6. The number of aromatic nitrogens is 2. The van der Waals surface area contributed by atoms with Crippen LogP contribution in [0.3, 0.4) is 0 Å². The Morgan fingerprint density at radius 2 is 1.71 bits per heavy atom. The molecule has 21 heteroatoms. The van der Waals surface area contributed by atoms with Gasteiger partial charge in [0.05, 0.1) is 35.5 Å². The Labute approximate surface area is 448 Å². The molecule has 72 heavy (non-hydrogen) atoms. The van der Waals surface area contributed by atoms with Crippen molar-refractivity contribution >= 4 is 53.6 Å². The van der Waals surface area contributed by atoms with Crippen LogP contribution in [0.2, 0.25) is 0 Å². The number of nitrogens with two attached hydrogens (primary N) is 1. The first kappa shape index (κ1) is 61.9. The third-order valence-electron chi connectivity index (χ3n) is 11.8. The maximum absolute atomic E-state index is 14.8. The van der Waals surface area contributed by atoms with Crippen LogP contribution in [0.4, 0.5) is 29.2 Å². The van der Waals surface area contributed by atoms with E-state index in [0.29, 0.717) is 36.6 Å². The van der Waals surface area contributed by atoms with Gasteiger partial charge < -0.3 is 36.2 Å². The third-order valence-corrected chi connectivity index (χ3v) is 12.7. The van der Waals surface area contributed by atoms with Gasteiger partial charge in [-0.2, -0.15) is 13.2 Å². The van der Waals surface area contributed by atoms with Crippen LogP contribution >= 0.6 is 11.9 Å². The molecule has 4 fully saturated rings. The van der Waals surface area contributed by atoms with Crippen molar-refractivity contribution < 1.29 is 78.0 Å². The van der Waals surface area contributed by atoms with Gasteiger partial charge in [0.1, 0.15) is 18.0 Å². The number of rotatable bonds is 13. The number of allylic oxidation sites excluding steroid dienone is 1. The normalized spacial score (nSPS) is 18.1. The number of carbonyl (C=O) groups is 3. The van der Waals surface area contributed by atoms with Crippen LogP contribution in [0, 0.1) is 54.7 Å². The van der Waals surface area contributed by atoms with E-state index in [2.05, 4.69) is 54.4 Å². The van der Waals surface area contributed by atoms with Gasteiger partial charge in [0.25, 0.3) is 0 Å². The van der Waals surface area contributed by atoms with Crippen LogP contribution in [0.15, 0.2) is 64.7 Å². The summed E-state index contributed by atoms with van der Waals surface area (Å²) in [5.74, 6) is 5.46. The summed E-state index contributed by atoms with van der Waals surface area (Å²) in [7, 11) is 1.00. The van der Waals surface area contributed by atoms with Crippen LogP contribution in [0.25, 0.3) is 10.9 Å². The van der Waals surface area contributed by atoms with Crippen molar-refractivity contribution in [2.75, 3.05) is 51.8 Å². The largest absolute Gasteiger partial charge is 0.662 e. The Morgan fingerprint density at radius 1 is 1.03 bits per heavy atom. The topological polar surface area (TPSA) is 218 Å². The summed E-state index contributed by atoms with van der Waals surface area (Å²) in [6.45, 7) is 9.32. The molecule has 3 aromatic rings. The molecule has 3 saturated heterocycles. The number of carbonyl (C=O) groups excluding carboxylic acids is 3. The van der Waals surface area contributed by atoms with Gasteiger partial charge in [0, 0.05) is 98.4 Å². The van der Waals surface area contributed by atoms with Crippen LogP contribution in [-0.4, -0.2) is 114 Å². The second-order valence-corrected chi connectivity index (χ2v) is 19.0. The van der Waals surface area contributed by atoms with E-state index in [9.17, 15) is 37.1 Å². The molecule has 0 radical (unpaired) electrons. The van der Waals surface area contributed by atoms with Gasteiger partial charge in [-0.1, -0.05) is 63.0 Å². The molecule has 1 saturated carbocycles. The number of benzene rings is 2. The SMILES string of the molecule is CC(C)(O)CN=C/C(=C\N)c1nc(Nc2ccc(SNC3CCCCC3)cc2F)ncc1C(F)(F)F.CC1CC[N-]CC1.CO.O=CN1CCC(OCC#Cc2ccc(C3CCC(=O)NC3=O)cc2)CC1.[U]. The number of imide groups is 1. The molecule has 1 atom stereocenters. The molecule has 1 aromatic heterocycles. The smallest absolute Gasteiger partial charge is 0.419 e. The number of aliphatic hydroxyl groups excluding tert-OH is 1. The summed E-state index contributed by atoms with van der Waals surface area (Å²) in [6.07, 6.45) is 9.95. The second kappa shape index (κ2) is 32.0. The standard InChI is InChI=1S/C24H30F4N6OS.C20H22N2O4.C6H12N.CH4O.U/c1-23(2,35)14-30-12-15(11-29)21-18(24(26,27)28)13-31-22(33-21)32-20-9-8-17(10-19(20)25)36-34-16-6-4-3-5-7-16;23-14-22-11-9-17(10-12-22)26-13-1-2-15-3-5-16(6-4-15)18-7-8-19(24)21-20(18)25;1-6-2-4-7-5-3-6;1-2;/h8-13,16,34-35H,3-7,14,29H2,1-2H3,(H,31,32,33);3-6,14,17-18H,7-13H2,(H,21,24,25);6H,2-5H2,1H3;2H,1H3;/q;;-1;;/b15-11+,30-12?;;;;. The number of nitrogens with zero attached hydrogens (tertiary/aromatic N) is 5. The fourth-order valence-corrected chi connectivity index (χ4v) is 8.55. The summed E-state index contributed by atoms with van der Waals surface area (Å²) in [4.78, 5) is 47.8. The Morgan fingerprint density at radius 3 is 2.28 bits per heavy atom. The van der Waals surface area contributed by atoms with Gasteiger partial charge in [-0.25, -0.2) is 14.4 Å². The number of halogens is 4. The molecule has 0 bridgehead atoms. The van der Waals surface area contributed by atoms with E-state index in [-0.39, 0.29) is 78.7 Å². The van der Waals surface area contributed by atoms with E-state index in [4.69, 9.17) is 15.6 Å². The third kappa shape index (κ3) is 22.0. The zero-order valence-corrected chi connectivity index (χ0v) is 46.4. The molecule has 7 rings (SSSR count).